The van der Waals surface area contributed by atoms with Crippen LogP contribution < -0.4 is 23.7 Å². The molecule has 0 aliphatic carbocycles. The second-order valence-corrected chi connectivity index (χ2v) is 5.43. The van der Waals surface area contributed by atoms with Gasteiger partial charge in [-0.3, -0.25) is 0 Å². The molecule has 2 atom stereocenters. The maximum atomic E-state index is 11.8. The number of carboxylic acids is 1. The van der Waals surface area contributed by atoms with Crippen molar-refractivity contribution in [1.29, 1.82) is 0 Å². The zero-order valence-electron chi connectivity index (χ0n) is 15.5. The molecule has 2 aromatic carbocycles. The minimum Gasteiger partial charge on any atom is -0.493 e. The number of rotatable bonds is 9. The molecule has 2 N–H and O–H groups in total. The second-order valence-electron chi connectivity index (χ2n) is 5.43. The summed E-state index contributed by atoms with van der Waals surface area (Å²) in [4.78, 5) is 11.8. The number of carboxylic acid groups (broad SMARTS) is 1. The van der Waals surface area contributed by atoms with Gasteiger partial charge in [-0.2, -0.15) is 0 Å². The highest BCUT2D eigenvalue weighted by Gasteiger charge is 2.32. The van der Waals surface area contributed by atoms with Gasteiger partial charge >= 0.3 is 5.97 Å². The maximum Gasteiger partial charge on any atom is 0.348 e. The summed E-state index contributed by atoms with van der Waals surface area (Å²) in [6, 6.07) is 9.46. The molecule has 0 amide bonds. The summed E-state index contributed by atoms with van der Waals surface area (Å²) in [6.45, 7) is 0. The highest BCUT2D eigenvalue weighted by Crippen LogP contribution is 2.39. The van der Waals surface area contributed by atoms with Crippen LogP contribution in [-0.2, 0) is 4.79 Å². The predicted octanol–water partition coefficient (Wildman–Crippen LogP) is 2.29. The van der Waals surface area contributed by atoms with Crippen molar-refractivity contribution in [3.05, 3.63) is 42.0 Å². The van der Waals surface area contributed by atoms with Gasteiger partial charge in [0.05, 0.1) is 28.4 Å². The number of para-hydroxylation sites is 1. The Hall–Kier alpha value is -3.13. The van der Waals surface area contributed by atoms with Crippen molar-refractivity contribution in [2.75, 3.05) is 28.4 Å². The van der Waals surface area contributed by atoms with Crippen molar-refractivity contribution in [2.24, 2.45) is 0 Å². The normalized spacial score (nSPS) is 12.6. The SMILES string of the molecule is COc1ccc(C(O)C(Oc2c(OC)cccc2OC)C(=O)O)cc1OC. The summed E-state index contributed by atoms with van der Waals surface area (Å²) in [6.07, 6.45) is -3.11. The molecule has 27 heavy (non-hydrogen) atoms. The molecule has 0 aliphatic rings. The molecule has 0 aromatic heterocycles. The van der Waals surface area contributed by atoms with Crippen LogP contribution in [0, 0.1) is 0 Å². The lowest BCUT2D eigenvalue weighted by Gasteiger charge is -2.23. The average Bonchev–Trinajstić information content (AvgIpc) is 2.70. The Balaban J connectivity index is 2.40. The monoisotopic (exact) mass is 378 g/mol. The molecule has 2 rings (SSSR count). The van der Waals surface area contributed by atoms with Gasteiger partial charge in [-0.15, -0.1) is 0 Å². The van der Waals surface area contributed by atoms with Crippen molar-refractivity contribution in [1.82, 2.24) is 0 Å². The number of hydrogen-bond donors (Lipinski definition) is 2. The number of benzene rings is 2. The Kier molecular flexibility index (Phi) is 6.73. The lowest BCUT2D eigenvalue weighted by atomic mass is 10.0. The van der Waals surface area contributed by atoms with Crippen molar-refractivity contribution >= 4 is 5.97 Å². The number of aliphatic hydroxyl groups is 1. The van der Waals surface area contributed by atoms with Crippen LogP contribution in [-0.4, -0.2) is 50.7 Å². The summed E-state index contributed by atoms with van der Waals surface area (Å²) in [5.74, 6) is 0.0839. The van der Waals surface area contributed by atoms with E-state index in [1.165, 1.54) is 40.6 Å². The quantitative estimate of drug-likeness (QED) is 0.685. The van der Waals surface area contributed by atoms with Gasteiger partial charge in [0.15, 0.2) is 23.0 Å². The molecular formula is C19H22O8. The fourth-order valence-corrected chi connectivity index (χ4v) is 2.52. The molecule has 0 radical (unpaired) electrons. The lowest BCUT2D eigenvalue weighted by Crippen LogP contribution is -2.34. The zero-order chi connectivity index (χ0) is 20.0. The van der Waals surface area contributed by atoms with Crippen molar-refractivity contribution < 1.29 is 38.7 Å². The molecule has 0 fully saturated rings. The topological polar surface area (TPSA) is 104 Å². The average molecular weight is 378 g/mol. The van der Waals surface area contributed by atoms with Gasteiger partial charge in [0.2, 0.25) is 11.9 Å². The standard InChI is InChI=1S/C19H22O8/c1-23-12-9-8-11(10-15(12)26-4)16(20)18(19(21)22)27-17-13(24-2)6-5-7-14(17)25-3/h5-10,16,18,20H,1-4H3,(H,21,22). The zero-order valence-corrected chi connectivity index (χ0v) is 15.5. The van der Waals surface area contributed by atoms with Crippen molar-refractivity contribution in [2.45, 2.75) is 12.2 Å². The lowest BCUT2D eigenvalue weighted by molar-refractivity contribution is -0.150. The highest BCUT2D eigenvalue weighted by molar-refractivity contribution is 5.74. The number of aliphatic hydroxyl groups excluding tert-OH is 1. The van der Waals surface area contributed by atoms with Crippen LogP contribution in [0.3, 0.4) is 0 Å². The van der Waals surface area contributed by atoms with E-state index in [9.17, 15) is 15.0 Å². The molecule has 0 saturated heterocycles. The van der Waals surface area contributed by atoms with Gasteiger partial charge < -0.3 is 33.9 Å². The third-order valence-corrected chi connectivity index (χ3v) is 3.91. The first-order chi connectivity index (χ1) is 13.0. The molecule has 2 unspecified atom stereocenters. The highest BCUT2D eigenvalue weighted by atomic mass is 16.6. The second kappa shape index (κ2) is 9.00. The Bertz CT molecular complexity index is 767. The first-order valence-electron chi connectivity index (χ1n) is 7.97. The van der Waals surface area contributed by atoms with Gasteiger partial charge in [-0.1, -0.05) is 12.1 Å². The Morgan fingerprint density at radius 1 is 0.852 bits per heavy atom. The minimum atomic E-state index is -1.62. The number of methoxy groups -OCH3 is 4. The fourth-order valence-electron chi connectivity index (χ4n) is 2.52. The summed E-state index contributed by atoms with van der Waals surface area (Å²) in [5, 5.41) is 20.2. The molecule has 146 valence electrons. The van der Waals surface area contributed by atoms with Gasteiger partial charge in [-0.25, -0.2) is 4.79 Å². The Labute approximate surface area is 156 Å². The van der Waals surface area contributed by atoms with Crippen molar-refractivity contribution in [3.8, 4) is 28.7 Å². The first kappa shape index (κ1) is 20.2. The molecule has 8 nitrogen and oxygen atoms in total. The Morgan fingerprint density at radius 3 is 1.89 bits per heavy atom. The Morgan fingerprint density at radius 2 is 1.41 bits per heavy atom. The number of carbonyl (C=O) groups is 1. The largest absolute Gasteiger partial charge is 0.493 e. The summed E-state index contributed by atoms with van der Waals surface area (Å²) < 4.78 is 26.3. The third-order valence-electron chi connectivity index (χ3n) is 3.91. The van der Waals surface area contributed by atoms with Crippen LogP contribution in [0.5, 0.6) is 28.7 Å². The van der Waals surface area contributed by atoms with Crippen LogP contribution in [0.15, 0.2) is 36.4 Å². The summed E-state index contributed by atoms with van der Waals surface area (Å²) in [7, 11) is 5.76. The van der Waals surface area contributed by atoms with E-state index in [4.69, 9.17) is 23.7 Å². The molecule has 0 spiro atoms. The first-order valence-corrected chi connectivity index (χ1v) is 7.97. The minimum absolute atomic E-state index is 0.0782. The molecular weight excluding hydrogens is 356 g/mol. The summed E-state index contributed by atoms with van der Waals surface area (Å²) in [5.41, 5.74) is 0.286. The van der Waals surface area contributed by atoms with E-state index in [0.29, 0.717) is 11.5 Å². The van der Waals surface area contributed by atoms with Crippen LogP contribution in [0.1, 0.15) is 11.7 Å². The van der Waals surface area contributed by atoms with E-state index in [2.05, 4.69) is 0 Å². The van der Waals surface area contributed by atoms with E-state index in [1.807, 2.05) is 0 Å². The van der Waals surface area contributed by atoms with Crippen LogP contribution in [0.4, 0.5) is 0 Å². The third kappa shape index (κ3) is 4.35. The van der Waals surface area contributed by atoms with Crippen LogP contribution in [0.25, 0.3) is 0 Å². The van der Waals surface area contributed by atoms with E-state index in [1.54, 1.807) is 24.3 Å². The molecule has 2 aromatic rings. The maximum absolute atomic E-state index is 11.8. The van der Waals surface area contributed by atoms with Gasteiger partial charge in [0, 0.05) is 0 Å². The van der Waals surface area contributed by atoms with Crippen LogP contribution >= 0.6 is 0 Å². The smallest absolute Gasteiger partial charge is 0.348 e. The summed E-state index contributed by atoms with van der Waals surface area (Å²) >= 11 is 0. The van der Waals surface area contributed by atoms with E-state index < -0.39 is 18.2 Å². The van der Waals surface area contributed by atoms with Gasteiger partial charge in [0.1, 0.15) is 6.10 Å². The van der Waals surface area contributed by atoms with Gasteiger partial charge in [-0.05, 0) is 29.8 Å². The van der Waals surface area contributed by atoms with Gasteiger partial charge in [0.25, 0.3) is 0 Å². The number of hydrogen-bond acceptors (Lipinski definition) is 7. The molecule has 0 heterocycles. The molecule has 0 saturated carbocycles. The van der Waals surface area contributed by atoms with E-state index in [0.717, 1.165) is 0 Å². The predicted molar refractivity (Wildman–Crippen MR) is 96.1 cm³/mol. The molecule has 0 bridgehead atoms. The number of ether oxygens (including phenoxy) is 5. The van der Waals surface area contributed by atoms with Crippen molar-refractivity contribution in [3.63, 3.8) is 0 Å². The number of aliphatic carboxylic acids is 1. The molecule has 8 heteroatoms. The van der Waals surface area contributed by atoms with E-state index in [-0.39, 0.29) is 22.8 Å². The molecule has 0 aliphatic heterocycles. The van der Waals surface area contributed by atoms with E-state index >= 15 is 0 Å². The van der Waals surface area contributed by atoms with Crippen LogP contribution in [0.2, 0.25) is 0 Å². The fraction of sp³-hybridized carbons (Fsp3) is 0.316.